The first kappa shape index (κ1) is 14.1. The van der Waals surface area contributed by atoms with Crippen molar-refractivity contribution in [3.05, 3.63) is 68.8 Å². The van der Waals surface area contributed by atoms with E-state index in [-0.39, 0.29) is 5.91 Å². The molecule has 0 radical (unpaired) electrons. The van der Waals surface area contributed by atoms with Crippen molar-refractivity contribution in [3.8, 4) is 0 Å². The summed E-state index contributed by atoms with van der Waals surface area (Å²) in [5.74, 6) is -0.00570. The van der Waals surface area contributed by atoms with Crippen LogP contribution in [0.4, 0.5) is 0 Å². The Kier molecular flexibility index (Phi) is 4.96. The van der Waals surface area contributed by atoms with E-state index in [0.717, 1.165) is 15.6 Å². The number of halogens is 1. The largest absolute Gasteiger partial charge is 0.352 e. The van der Waals surface area contributed by atoms with E-state index >= 15 is 0 Å². The van der Waals surface area contributed by atoms with Gasteiger partial charge in [0.25, 0.3) is 5.91 Å². The molecule has 0 atom stereocenters. The van der Waals surface area contributed by atoms with Crippen molar-refractivity contribution in [2.45, 2.75) is 13.3 Å². The maximum Gasteiger partial charge on any atom is 0.251 e. The highest BCUT2D eigenvalue weighted by molar-refractivity contribution is 14.1. The summed E-state index contributed by atoms with van der Waals surface area (Å²) in [5, 5.41) is 2.95. The third-order valence-electron chi connectivity index (χ3n) is 2.98. The molecule has 0 bridgehead atoms. The zero-order valence-corrected chi connectivity index (χ0v) is 13.0. The van der Waals surface area contributed by atoms with E-state index in [0.29, 0.717) is 6.54 Å². The Bertz CT molecular complexity index is 566. The standard InChI is InChI=1S/C16H16INO/c1-12-7-8-14(11-15(12)17)16(19)18-10-9-13-5-3-2-4-6-13/h2-8,11H,9-10H2,1H3,(H,18,19). The lowest BCUT2D eigenvalue weighted by Gasteiger charge is -2.07. The first-order valence-electron chi connectivity index (χ1n) is 6.25. The van der Waals surface area contributed by atoms with Gasteiger partial charge < -0.3 is 5.32 Å². The Labute approximate surface area is 127 Å². The fraction of sp³-hybridized carbons (Fsp3) is 0.188. The number of carbonyl (C=O) groups is 1. The van der Waals surface area contributed by atoms with E-state index in [9.17, 15) is 4.79 Å². The van der Waals surface area contributed by atoms with Crippen LogP contribution in [0.1, 0.15) is 21.5 Å². The number of hydrogen-bond acceptors (Lipinski definition) is 1. The Morgan fingerprint density at radius 2 is 1.89 bits per heavy atom. The molecule has 0 saturated carbocycles. The van der Waals surface area contributed by atoms with Gasteiger partial charge in [-0.2, -0.15) is 0 Å². The fourth-order valence-corrected chi connectivity index (χ4v) is 2.32. The molecule has 3 heteroatoms. The zero-order chi connectivity index (χ0) is 13.7. The first-order valence-corrected chi connectivity index (χ1v) is 7.33. The smallest absolute Gasteiger partial charge is 0.251 e. The normalized spacial score (nSPS) is 10.2. The van der Waals surface area contributed by atoms with Gasteiger partial charge in [-0.05, 0) is 59.2 Å². The predicted molar refractivity (Wildman–Crippen MR) is 86.4 cm³/mol. The maximum atomic E-state index is 12.0. The van der Waals surface area contributed by atoms with Crippen LogP contribution in [0, 0.1) is 10.5 Å². The van der Waals surface area contributed by atoms with Gasteiger partial charge in [-0.25, -0.2) is 0 Å². The molecule has 1 N–H and O–H groups in total. The number of nitrogens with one attached hydrogen (secondary N) is 1. The third-order valence-corrected chi connectivity index (χ3v) is 4.14. The fourth-order valence-electron chi connectivity index (χ4n) is 1.80. The molecule has 0 aliphatic heterocycles. The minimum atomic E-state index is -0.00570. The lowest BCUT2D eigenvalue weighted by atomic mass is 10.1. The van der Waals surface area contributed by atoms with E-state index in [1.165, 1.54) is 11.1 Å². The molecule has 0 aliphatic carbocycles. The van der Waals surface area contributed by atoms with Crippen molar-refractivity contribution in [3.63, 3.8) is 0 Å². The summed E-state index contributed by atoms with van der Waals surface area (Å²) < 4.78 is 1.12. The highest BCUT2D eigenvalue weighted by Gasteiger charge is 2.06. The van der Waals surface area contributed by atoms with Crippen LogP contribution in [0.3, 0.4) is 0 Å². The second-order valence-corrected chi connectivity index (χ2v) is 5.62. The molecule has 0 heterocycles. The highest BCUT2D eigenvalue weighted by Crippen LogP contribution is 2.13. The van der Waals surface area contributed by atoms with Crippen LogP contribution in [0.15, 0.2) is 48.5 Å². The summed E-state index contributed by atoms with van der Waals surface area (Å²) in [6.07, 6.45) is 0.857. The molecular formula is C16H16INO. The number of aryl methyl sites for hydroxylation is 1. The average Bonchev–Trinajstić information content (AvgIpc) is 2.43. The molecule has 0 saturated heterocycles. The number of carbonyl (C=O) groups excluding carboxylic acids is 1. The molecule has 0 spiro atoms. The molecule has 0 unspecified atom stereocenters. The second kappa shape index (κ2) is 6.70. The third kappa shape index (κ3) is 4.06. The van der Waals surface area contributed by atoms with Crippen LogP contribution in [-0.2, 0) is 6.42 Å². The average molecular weight is 365 g/mol. The number of hydrogen-bond donors (Lipinski definition) is 1. The predicted octanol–water partition coefficient (Wildman–Crippen LogP) is 3.57. The van der Waals surface area contributed by atoms with Gasteiger partial charge in [0.2, 0.25) is 0 Å². The topological polar surface area (TPSA) is 29.1 Å². The van der Waals surface area contributed by atoms with Crippen molar-refractivity contribution in [2.24, 2.45) is 0 Å². The summed E-state index contributed by atoms with van der Waals surface area (Å²) in [4.78, 5) is 12.0. The molecule has 0 aromatic heterocycles. The van der Waals surface area contributed by atoms with Gasteiger partial charge in [0.1, 0.15) is 0 Å². The molecule has 0 aliphatic rings. The van der Waals surface area contributed by atoms with E-state index in [1.54, 1.807) is 0 Å². The van der Waals surface area contributed by atoms with E-state index in [4.69, 9.17) is 0 Å². The number of rotatable bonds is 4. The van der Waals surface area contributed by atoms with Crippen molar-refractivity contribution < 1.29 is 4.79 Å². The first-order chi connectivity index (χ1) is 9.16. The molecule has 2 rings (SSSR count). The van der Waals surface area contributed by atoms with E-state index in [1.807, 2.05) is 43.3 Å². The van der Waals surface area contributed by atoms with Crippen LogP contribution >= 0.6 is 22.6 Å². The molecule has 98 valence electrons. The second-order valence-electron chi connectivity index (χ2n) is 4.46. The van der Waals surface area contributed by atoms with Crippen molar-refractivity contribution in [2.75, 3.05) is 6.54 Å². The Morgan fingerprint density at radius 3 is 2.58 bits per heavy atom. The Morgan fingerprint density at radius 1 is 1.16 bits per heavy atom. The van der Waals surface area contributed by atoms with Crippen molar-refractivity contribution in [1.29, 1.82) is 0 Å². The van der Waals surface area contributed by atoms with Gasteiger partial charge in [0, 0.05) is 15.7 Å². The minimum absolute atomic E-state index is 0.00570. The minimum Gasteiger partial charge on any atom is -0.352 e. The summed E-state index contributed by atoms with van der Waals surface area (Å²) in [7, 11) is 0. The monoisotopic (exact) mass is 365 g/mol. The van der Waals surface area contributed by atoms with Crippen molar-refractivity contribution >= 4 is 28.5 Å². The summed E-state index contributed by atoms with van der Waals surface area (Å²) in [6.45, 7) is 2.70. The maximum absolute atomic E-state index is 12.0. The molecule has 2 aromatic carbocycles. The van der Waals surface area contributed by atoms with Gasteiger partial charge in [-0.3, -0.25) is 4.79 Å². The van der Waals surface area contributed by atoms with E-state index in [2.05, 4.69) is 40.0 Å². The van der Waals surface area contributed by atoms with Crippen LogP contribution in [0.2, 0.25) is 0 Å². The summed E-state index contributed by atoms with van der Waals surface area (Å²) in [6, 6.07) is 15.9. The molecule has 1 amide bonds. The van der Waals surface area contributed by atoms with Gasteiger partial charge >= 0.3 is 0 Å². The van der Waals surface area contributed by atoms with Crippen molar-refractivity contribution in [1.82, 2.24) is 5.32 Å². The molecule has 2 aromatic rings. The highest BCUT2D eigenvalue weighted by atomic mass is 127. The summed E-state index contributed by atoms with van der Waals surface area (Å²) >= 11 is 2.25. The van der Waals surface area contributed by atoms with Crippen LogP contribution < -0.4 is 5.32 Å². The Hall–Kier alpha value is -1.36. The molecule has 19 heavy (non-hydrogen) atoms. The van der Waals surface area contributed by atoms with Gasteiger partial charge in [0.15, 0.2) is 0 Å². The van der Waals surface area contributed by atoms with Gasteiger partial charge in [-0.1, -0.05) is 36.4 Å². The Balaban J connectivity index is 1.89. The zero-order valence-electron chi connectivity index (χ0n) is 10.8. The molecular weight excluding hydrogens is 349 g/mol. The number of amides is 1. The van der Waals surface area contributed by atoms with Crippen LogP contribution in [-0.4, -0.2) is 12.5 Å². The lowest BCUT2D eigenvalue weighted by molar-refractivity contribution is 0.0954. The van der Waals surface area contributed by atoms with Crippen LogP contribution in [0.5, 0.6) is 0 Å². The van der Waals surface area contributed by atoms with Crippen LogP contribution in [0.25, 0.3) is 0 Å². The quantitative estimate of drug-likeness (QED) is 0.825. The van der Waals surface area contributed by atoms with Gasteiger partial charge in [0.05, 0.1) is 0 Å². The van der Waals surface area contributed by atoms with Gasteiger partial charge in [-0.15, -0.1) is 0 Å². The van der Waals surface area contributed by atoms with E-state index < -0.39 is 0 Å². The summed E-state index contributed by atoms with van der Waals surface area (Å²) in [5.41, 5.74) is 3.16. The lowest BCUT2D eigenvalue weighted by Crippen LogP contribution is -2.25. The molecule has 0 fully saturated rings. The number of benzene rings is 2. The SMILES string of the molecule is Cc1ccc(C(=O)NCCc2ccccc2)cc1I. The molecule has 2 nitrogen and oxygen atoms in total.